The number of hydrogen-bond donors (Lipinski definition) is 4. The summed E-state index contributed by atoms with van der Waals surface area (Å²) in [6, 6.07) is 10.0. The summed E-state index contributed by atoms with van der Waals surface area (Å²) in [5, 5.41) is 18.6. The lowest BCUT2D eigenvalue weighted by atomic mass is 9.79. The summed E-state index contributed by atoms with van der Waals surface area (Å²) in [7, 11) is 0. The number of amides is 3. The van der Waals surface area contributed by atoms with Crippen LogP contribution in [0.1, 0.15) is 16.7 Å². The fourth-order valence-corrected chi connectivity index (χ4v) is 4.32. The van der Waals surface area contributed by atoms with E-state index in [0.29, 0.717) is 5.56 Å². The average molecular weight is 433 g/mol. The zero-order valence-corrected chi connectivity index (χ0v) is 16.2. The average Bonchev–Trinajstić information content (AvgIpc) is 3.17. The molecule has 0 bridgehead atoms. The van der Waals surface area contributed by atoms with Crippen molar-refractivity contribution in [3.63, 3.8) is 0 Å². The van der Waals surface area contributed by atoms with Crippen molar-refractivity contribution in [2.75, 3.05) is 5.32 Å². The minimum absolute atomic E-state index is 0.188. The molecule has 0 saturated heterocycles. The standard InChI is InChI=1S/C19H14Cl2N4O4/c20-9-6-12-15(13(21)7-9)23-18(28)19(12,29)11-5-8-3-1-2-4-10(8)14(11)24-25-17(27)16(22)26/h1-4,6-7,11,29H,5H2,(H2,22,26)(H,23,28)(H,25,27)/b24-14-/t11-,19-/m0/s1. The monoisotopic (exact) mass is 432 g/mol. The minimum Gasteiger partial charge on any atom is -0.375 e. The van der Waals surface area contributed by atoms with Gasteiger partial charge in [0.15, 0.2) is 5.60 Å². The first-order valence-corrected chi connectivity index (χ1v) is 9.28. The summed E-state index contributed by atoms with van der Waals surface area (Å²) in [6.45, 7) is 0. The summed E-state index contributed by atoms with van der Waals surface area (Å²) in [5.41, 5.74) is 7.14. The van der Waals surface area contributed by atoms with Gasteiger partial charge in [-0.25, -0.2) is 5.43 Å². The maximum Gasteiger partial charge on any atom is 0.329 e. The fourth-order valence-electron chi connectivity index (χ4n) is 3.78. The molecular weight excluding hydrogens is 419 g/mol. The van der Waals surface area contributed by atoms with Gasteiger partial charge in [-0.05, 0) is 24.1 Å². The predicted molar refractivity (Wildman–Crippen MR) is 106 cm³/mol. The van der Waals surface area contributed by atoms with Crippen molar-refractivity contribution >= 4 is 52.3 Å². The number of nitrogens with zero attached hydrogens (tertiary/aromatic N) is 1. The molecule has 5 N–H and O–H groups in total. The highest BCUT2D eigenvalue weighted by molar-refractivity contribution is 6.38. The van der Waals surface area contributed by atoms with Gasteiger partial charge >= 0.3 is 11.8 Å². The number of aliphatic hydroxyl groups is 1. The summed E-state index contributed by atoms with van der Waals surface area (Å²) >= 11 is 12.3. The van der Waals surface area contributed by atoms with Crippen molar-refractivity contribution in [1.82, 2.24) is 5.43 Å². The number of hydrazone groups is 1. The number of rotatable bonds is 2. The van der Waals surface area contributed by atoms with Crippen molar-refractivity contribution in [3.05, 3.63) is 63.1 Å². The Hall–Kier alpha value is -2.94. The molecule has 2 atom stereocenters. The summed E-state index contributed by atoms with van der Waals surface area (Å²) in [4.78, 5) is 35.5. The molecule has 0 unspecified atom stereocenters. The van der Waals surface area contributed by atoms with Crippen LogP contribution in [0.4, 0.5) is 5.69 Å². The first-order chi connectivity index (χ1) is 13.7. The summed E-state index contributed by atoms with van der Waals surface area (Å²) < 4.78 is 0. The van der Waals surface area contributed by atoms with E-state index in [0.717, 1.165) is 5.56 Å². The number of fused-ring (bicyclic) bond motifs is 2. The van der Waals surface area contributed by atoms with Crippen LogP contribution in [-0.2, 0) is 26.4 Å². The number of benzene rings is 2. The molecule has 2 aromatic carbocycles. The van der Waals surface area contributed by atoms with Gasteiger partial charge in [0, 0.05) is 16.1 Å². The molecule has 2 aromatic rings. The first kappa shape index (κ1) is 19.4. The summed E-state index contributed by atoms with van der Waals surface area (Å²) in [5.74, 6) is -3.89. The highest BCUT2D eigenvalue weighted by atomic mass is 35.5. The zero-order chi connectivity index (χ0) is 20.9. The molecule has 0 spiro atoms. The number of nitrogens with one attached hydrogen (secondary N) is 2. The summed E-state index contributed by atoms with van der Waals surface area (Å²) in [6.07, 6.45) is 0.259. The van der Waals surface area contributed by atoms with Gasteiger partial charge in [0.2, 0.25) is 0 Å². The van der Waals surface area contributed by atoms with Gasteiger partial charge in [-0.15, -0.1) is 0 Å². The molecule has 10 heteroatoms. The maximum absolute atomic E-state index is 12.9. The van der Waals surface area contributed by atoms with Gasteiger partial charge in [-0.1, -0.05) is 47.5 Å². The minimum atomic E-state index is -2.04. The second-order valence-electron chi connectivity index (χ2n) is 6.75. The molecule has 0 aromatic heterocycles. The molecule has 148 valence electrons. The molecule has 0 saturated carbocycles. The molecule has 3 amide bonds. The molecule has 1 aliphatic heterocycles. The third kappa shape index (κ3) is 2.96. The Labute approximate surface area is 174 Å². The second-order valence-corrected chi connectivity index (χ2v) is 7.59. The van der Waals surface area contributed by atoms with E-state index >= 15 is 0 Å². The lowest BCUT2D eigenvalue weighted by molar-refractivity contribution is -0.137. The molecule has 1 aliphatic carbocycles. The highest BCUT2D eigenvalue weighted by Gasteiger charge is 2.55. The number of anilines is 1. The van der Waals surface area contributed by atoms with Crippen molar-refractivity contribution in [1.29, 1.82) is 0 Å². The second kappa shape index (κ2) is 6.84. The van der Waals surface area contributed by atoms with E-state index in [4.69, 9.17) is 28.9 Å². The number of hydrogen-bond acceptors (Lipinski definition) is 5. The van der Waals surface area contributed by atoms with Crippen molar-refractivity contribution in [2.45, 2.75) is 12.0 Å². The Morgan fingerprint density at radius 3 is 2.72 bits per heavy atom. The van der Waals surface area contributed by atoms with Crippen LogP contribution in [0.3, 0.4) is 0 Å². The van der Waals surface area contributed by atoms with Crippen molar-refractivity contribution in [2.24, 2.45) is 16.8 Å². The smallest absolute Gasteiger partial charge is 0.329 e. The van der Waals surface area contributed by atoms with Gasteiger partial charge in [-0.2, -0.15) is 5.10 Å². The lowest BCUT2D eigenvalue weighted by Gasteiger charge is -2.28. The van der Waals surface area contributed by atoms with E-state index in [2.05, 4.69) is 15.8 Å². The Balaban J connectivity index is 1.86. The van der Waals surface area contributed by atoms with Crippen LogP contribution in [0.5, 0.6) is 0 Å². The van der Waals surface area contributed by atoms with Crippen LogP contribution < -0.4 is 16.5 Å². The van der Waals surface area contributed by atoms with Gasteiger partial charge < -0.3 is 16.2 Å². The number of nitrogens with two attached hydrogens (primary N) is 1. The molecular formula is C19H14Cl2N4O4. The molecule has 0 fully saturated rings. The number of carbonyl (C=O) groups is 3. The van der Waals surface area contributed by atoms with Gasteiger partial charge in [0.1, 0.15) is 0 Å². The SMILES string of the molecule is NC(=O)C(=O)N/N=C1/c2ccccc2C[C@@H]1[C@@]1(O)C(=O)Nc2c(Cl)cc(Cl)cc21. The maximum atomic E-state index is 12.9. The third-order valence-electron chi connectivity index (χ3n) is 5.10. The lowest BCUT2D eigenvalue weighted by Crippen LogP contribution is -2.45. The Morgan fingerprint density at radius 2 is 2.00 bits per heavy atom. The van der Waals surface area contributed by atoms with Gasteiger partial charge in [0.25, 0.3) is 5.91 Å². The molecule has 1 heterocycles. The molecule has 0 radical (unpaired) electrons. The van der Waals surface area contributed by atoms with E-state index in [-0.39, 0.29) is 33.4 Å². The Morgan fingerprint density at radius 1 is 1.28 bits per heavy atom. The quantitative estimate of drug-likeness (QED) is 0.420. The number of carbonyl (C=O) groups excluding carboxylic acids is 3. The van der Waals surface area contributed by atoms with E-state index in [9.17, 15) is 19.5 Å². The molecule has 29 heavy (non-hydrogen) atoms. The zero-order valence-electron chi connectivity index (χ0n) is 14.7. The van der Waals surface area contributed by atoms with Crippen molar-refractivity contribution < 1.29 is 19.5 Å². The molecule has 2 aliphatic rings. The van der Waals surface area contributed by atoms with Crippen LogP contribution in [-0.4, -0.2) is 28.5 Å². The van der Waals surface area contributed by atoms with Crippen LogP contribution in [0, 0.1) is 5.92 Å². The van der Waals surface area contributed by atoms with E-state index in [1.54, 1.807) is 18.2 Å². The van der Waals surface area contributed by atoms with E-state index in [1.807, 2.05) is 6.07 Å². The van der Waals surface area contributed by atoms with Crippen LogP contribution >= 0.6 is 23.2 Å². The fraction of sp³-hybridized carbons (Fsp3) is 0.158. The Bertz CT molecular complexity index is 1120. The number of primary amides is 1. The molecule has 8 nitrogen and oxygen atoms in total. The van der Waals surface area contributed by atoms with Crippen LogP contribution in [0.2, 0.25) is 10.0 Å². The largest absolute Gasteiger partial charge is 0.375 e. The first-order valence-electron chi connectivity index (χ1n) is 8.52. The Kier molecular flexibility index (Phi) is 4.57. The third-order valence-corrected chi connectivity index (χ3v) is 5.62. The molecule has 4 rings (SSSR count). The van der Waals surface area contributed by atoms with Gasteiger partial charge in [0.05, 0.1) is 22.3 Å². The van der Waals surface area contributed by atoms with E-state index in [1.165, 1.54) is 12.1 Å². The topological polar surface area (TPSA) is 134 Å². The van der Waals surface area contributed by atoms with Crippen LogP contribution in [0.15, 0.2) is 41.5 Å². The predicted octanol–water partition coefficient (Wildman–Crippen LogP) is 1.31. The normalized spacial score (nSPS) is 23.5. The number of halogens is 2. The van der Waals surface area contributed by atoms with Crippen LogP contribution in [0.25, 0.3) is 0 Å². The van der Waals surface area contributed by atoms with Gasteiger partial charge in [-0.3, -0.25) is 14.4 Å². The van der Waals surface area contributed by atoms with E-state index < -0.39 is 29.2 Å². The van der Waals surface area contributed by atoms with Crippen molar-refractivity contribution in [3.8, 4) is 0 Å². The highest BCUT2D eigenvalue weighted by Crippen LogP contribution is 2.49.